The average Bonchev–Trinajstić information content (AvgIpc) is 2.57. The Morgan fingerprint density at radius 2 is 2.41 bits per heavy atom. The molecule has 1 heterocycles. The molecule has 0 bridgehead atoms. The summed E-state index contributed by atoms with van der Waals surface area (Å²) >= 11 is 1.46. The number of hydrogen-bond donors (Lipinski definition) is 1. The molecule has 0 aliphatic heterocycles. The van der Waals surface area contributed by atoms with Gasteiger partial charge in [-0.2, -0.15) is 0 Å². The van der Waals surface area contributed by atoms with E-state index in [1.165, 1.54) is 22.3 Å². The fourth-order valence-corrected chi connectivity index (χ4v) is 4.19. The molecule has 1 aromatic rings. The normalized spacial score (nSPS) is 19.7. The number of nitrogens with zero attached hydrogens (tertiary/aromatic N) is 1. The first-order valence-electron chi connectivity index (χ1n) is 5.60. The molecule has 0 amide bonds. The summed E-state index contributed by atoms with van der Waals surface area (Å²) in [5.41, 5.74) is 1.06. The second-order valence-corrected chi connectivity index (χ2v) is 7.26. The van der Waals surface area contributed by atoms with Gasteiger partial charge < -0.3 is 0 Å². The number of hydrogen-bond acceptors (Lipinski definition) is 4. The number of sulfonamides is 1. The number of fused-ring (bicyclic) bond motifs is 1. The van der Waals surface area contributed by atoms with Crippen LogP contribution in [-0.2, 0) is 22.9 Å². The Bertz CT molecular complexity index is 520. The Hall–Kier alpha value is -0.880. The number of aryl methyl sites for hydroxylation is 1. The molecular formula is C11H16N2O2S2. The maximum absolute atomic E-state index is 11.6. The topological polar surface area (TPSA) is 59.1 Å². The van der Waals surface area contributed by atoms with Crippen molar-refractivity contribution in [3.05, 3.63) is 23.2 Å². The molecular weight excluding hydrogens is 256 g/mol. The number of anilines is 1. The van der Waals surface area contributed by atoms with Gasteiger partial charge in [0.2, 0.25) is 10.0 Å². The summed E-state index contributed by atoms with van der Waals surface area (Å²) < 4.78 is 25.6. The summed E-state index contributed by atoms with van der Waals surface area (Å²) in [6.45, 7) is 5.64. The van der Waals surface area contributed by atoms with Crippen LogP contribution in [0.5, 0.6) is 0 Å². The Morgan fingerprint density at radius 1 is 1.65 bits per heavy atom. The largest absolute Gasteiger partial charge is 0.258 e. The third kappa shape index (κ3) is 3.07. The van der Waals surface area contributed by atoms with Crippen molar-refractivity contribution in [2.75, 3.05) is 10.5 Å². The molecule has 0 radical (unpaired) electrons. The molecule has 2 rings (SSSR count). The zero-order chi connectivity index (χ0) is 12.5. The van der Waals surface area contributed by atoms with Crippen LogP contribution in [0.25, 0.3) is 0 Å². The fraction of sp³-hybridized carbons (Fsp3) is 0.545. The quantitative estimate of drug-likeness (QED) is 0.855. The van der Waals surface area contributed by atoms with Crippen LogP contribution >= 0.6 is 11.3 Å². The van der Waals surface area contributed by atoms with Gasteiger partial charge in [0.25, 0.3) is 0 Å². The summed E-state index contributed by atoms with van der Waals surface area (Å²) in [6.07, 6.45) is 4.47. The number of rotatable bonds is 4. The third-order valence-corrected chi connectivity index (χ3v) is 5.11. The predicted molar refractivity (Wildman–Crippen MR) is 70.9 cm³/mol. The van der Waals surface area contributed by atoms with Gasteiger partial charge >= 0.3 is 0 Å². The predicted octanol–water partition coefficient (Wildman–Crippen LogP) is 2.20. The molecule has 6 heteroatoms. The van der Waals surface area contributed by atoms with Gasteiger partial charge in [0.05, 0.1) is 11.4 Å². The summed E-state index contributed by atoms with van der Waals surface area (Å²) in [4.78, 5) is 5.57. The van der Waals surface area contributed by atoms with Gasteiger partial charge in [0.1, 0.15) is 0 Å². The first-order chi connectivity index (χ1) is 8.00. The average molecular weight is 272 g/mol. The van der Waals surface area contributed by atoms with E-state index in [9.17, 15) is 8.42 Å². The summed E-state index contributed by atoms with van der Waals surface area (Å²) in [7, 11) is -3.32. The molecule has 4 nitrogen and oxygen atoms in total. The minimum atomic E-state index is -3.32. The van der Waals surface area contributed by atoms with Crippen molar-refractivity contribution in [2.24, 2.45) is 5.92 Å². The van der Waals surface area contributed by atoms with Gasteiger partial charge in [-0.05, 0) is 25.2 Å². The van der Waals surface area contributed by atoms with Gasteiger partial charge in [0.15, 0.2) is 5.13 Å². The van der Waals surface area contributed by atoms with Crippen LogP contribution in [0.15, 0.2) is 12.7 Å². The van der Waals surface area contributed by atoms with Crippen LogP contribution in [0.3, 0.4) is 0 Å². The number of thiazole rings is 1. The van der Waals surface area contributed by atoms with E-state index in [0.717, 1.165) is 25.0 Å². The number of nitrogens with one attached hydrogen (secondary N) is 1. The molecule has 1 N–H and O–H groups in total. The molecule has 0 aromatic carbocycles. The van der Waals surface area contributed by atoms with Gasteiger partial charge in [0, 0.05) is 4.88 Å². The van der Waals surface area contributed by atoms with E-state index in [1.54, 1.807) is 0 Å². The Balaban J connectivity index is 2.16. The highest BCUT2D eigenvalue weighted by Crippen LogP contribution is 2.32. The van der Waals surface area contributed by atoms with E-state index < -0.39 is 10.0 Å². The van der Waals surface area contributed by atoms with E-state index >= 15 is 0 Å². The van der Waals surface area contributed by atoms with Crippen LogP contribution in [0.4, 0.5) is 5.13 Å². The fourth-order valence-electron chi connectivity index (χ4n) is 1.91. The van der Waals surface area contributed by atoms with E-state index in [0.29, 0.717) is 11.0 Å². The molecule has 1 aromatic heterocycles. The van der Waals surface area contributed by atoms with Crippen LogP contribution < -0.4 is 4.72 Å². The standard InChI is InChI=1S/C11H16N2O2S2/c1-3-6-17(14,15)13-11-12-9-5-4-8(2)7-10(9)16-11/h3,8H,1,4-7H2,2H3,(H,12,13). The van der Waals surface area contributed by atoms with Crippen LogP contribution in [0.2, 0.25) is 0 Å². The highest BCUT2D eigenvalue weighted by Gasteiger charge is 2.21. The molecule has 0 saturated heterocycles. The van der Waals surface area contributed by atoms with E-state index in [1.807, 2.05) is 0 Å². The van der Waals surface area contributed by atoms with Crippen molar-refractivity contribution in [3.8, 4) is 0 Å². The highest BCUT2D eigenvalue weighted by molar-refractivity contribution is 7.93. The smallest absolute Gasteiger partial charge is 0.238 e. The second kappa shape index (κ2) is 4.78. The third-order valence-electron chi connectivity index (χ3n) is 2.77. The maximum atomic E-state index is 11.6. The van der Waals surface area contributed by atoms with Crippen molar-refractivity contribution in [1.29, 1.82) is 0 Å². The second-order valence-electron chi connectivity index (χ2n) is 4.41. The molecule has 0 saturated carbocycles. The molecule has 0 spiro atoms. The first kappa shape index (κ1) is 12.6. The lowest BCUT2D eigenvalue weighted by Gasteiger charge is -2.15. The summed E-state index contributed by atoms with van der Waals surface area (Å²) in [5, 5.41) is 0.492. The molecule has 1 aliphatic rings. The first-order valence-corrected chi connectivity index (χ1v) is 8.07. The summed E-state index contributed by atoms with van der Waals surface area (Å²) in [5.74, 6) is 0.591. The molecule has 94 valence electrons. The zero-order valence-electron chi connectivity index (χ0n) is 9.77. The zero-order valence-corrected chi connectivity index (χ0v) is 11.4. The van der Waals surface area contributed by atoms with Crippen LogP contribution in [0, 0.1) is 5.92 Å². The SMILES string of the molecule is C=CCS(=O)(=O)Nc1nc2c(s1)CC(C)CC2. The Kier molecular flexibility index (Phi) is 3.53. The van der Waals surface area contributed by atoms with Gasteiger partial charge in [-0.15, -0.1) is 17.9 Å². The minimum Gasteiger partial charge on any atom is -0.258 e. The van der Waals surface area contributed by atoms with Crippen molar-refractivity contribution in [3.63, 3.8) is 0 Å². The molecule has 1 unspecified atom stereocenters. The van der Waals surface area contributed by atoms with Crippen LogP contribution in [0.1, 0.15) is 23.9 Å². The minimum absolute atomic E-state index is 0.0757. The number of aromatic nitrogens is 1. The van der Waals surface area contributed by atoms with Crippen molar-refractivity contribution in [2.45, 2.75) is 26.2 Å². The van der Waals surface area contributed by atoms with Crippen LogP contribution in [-0.4, -0.2) is 19.2 Å². The van der Waals surface area contributed by atoms with E-state index in [-0.39, 0.29) is 5.75 Å². The Labute approximate surface area is 106 Å². The van der Waals surface area contributed by atoms with Crippen molar-refractivity contribution in [1.82, 2.24) is 4.98 Å². The lowest BCUT2D eigenvalue weighted by Crippen LogP contribution is -2.15. The Morgan fingerprint density at radius 3 is 3.12 bits per heavy atom. The highest BCUT2D eigenvalue weighted by atomic mass is 32.2. The van der Waals surface area contributed by atoms with Gasteiger partial charge in [-0.25, -0.2) is 13.4 Å². The van der Waals surface area contributed by atoms with E-state index in [4.69, 9.17) is 0 Å². The van der Waals surface area contributed by atoms with Crippen molar-refractivity contribution < 1.29 is 8.42 Å². The monoisotopic (exact) mass is 272 g/mol. The molecule has 1 atom stereocenters. The lowest BCUT2D eigenvalue weighted by atomic mass is 9.93. The summed E-state index contributed by atoms with van der Waals surface area (Å²) in [6, 6.07) is 0. The maximum Gasteiger partial charge on any atom is 0.238 e. The molecule has 1 aliphatic carbocycles. The van der Waals surface area contributed by atoms with Gasteiger partial charge in [-0.3, -0.25) is 4.72 Å². The van der Waals surface area contributed by atoms with E-state index in [2.05, 4.69) is 23.2 Å². The van der Waals surface area contributed by atoms with Gasteiger partial charge in [-0.1, -0.05) is 13.0 Å². The molecule has 17 heavy (non-hydrogen) atoms. The lowest BCUT2D eigenvalue weighted by molar-refractivity contribution is 0.502. The van der Waals surface area contributed by atoms with Crippen molar-refractivity contribution >= 4 is 26.5 Å². The molecule has 0 fully saturated rings.